The lowest BCUT2D eigenvalue weighted by Gasteiger charge is -2.21. The van der Waals surface area contributed by atoms with E-state index in [0.717, 1.165) is 25.1 Å². The van der Waals surface area contributed by atoms with E-state index in [9.17, 15) is 4.79 Å². The molecule has 1 atom stereocenters. The third-order valence-electron chi connectivity index (χ3n) is 2.43. The SMILES string of the molecule is Nc1cc(C2CCCOC2)n[nH]c1=O. The van der Waals surface area contributed by atoms with Gasteiger partial charge in [0.2, 0.25) is 0 Å². The summed E-state index contributed by atoms with van der Waals surface area (Å²) in [6.07, 6.45) is 2.07. The van der Waals surface area contributed by atoms with E-state index >= 15 is 0 Å². The Morgan fingerprint density at radius 2 is 2.50 bits per heavy atom. The van der Waals surface area contributed by atoms with E-state index in [-0.39, 0.29) is 17.2 Å². The van der Waals surface area contributed by atoms with Crippen molar-refractivity contribution in [2.75, 3.05) is 18.9 Å². The lowest BCUT2D eigenvalue weighted by molar-refractivity contribution is 0.0790. The molecule has 14 heavy (non-hydrogen) atoms. The first kappa shape index (κ1) is 9.21. The Labute approximate surface area is 81.3 Å². The van der Waals surface area contributed by atoms with E-state index in [2.05, 4.69) is 10.2 Å². The molecule has 76 valence electrons. The molecule has 1 aliphatic rings. The van der Waals surface area contributed by atoms with Crippen LogP contribution in [0.3, 0.4) is 0 Å². The van der Waals surface area contributed by atoms with Gasteiger partial charge in [0.25, 0.3) is 5.56 Å². The van der Waals surface area contributed by atoms with Gasteiger partial charge < -0.3 is 10.5 Å². The van der Waals surface area contributed by atoms with Crippen molar-refractivity contribution in [1.29, 1.82) is 0 Å². The third kappa shape index (κ3) is 1.77. The summed E-state index contributed by atoms with van der Waals surface area (Å²) in [5, 5.41) is 6.34. The van der Waals surface area contributed by atoms with Gasteiger partial charge in [-0.3, -0.25) is 4.79 Å². The van der Waals surface area contributed by atoms with Gasteiger partial charge in [-0.15, -0.1) is 0 Å². The Kier molecular flexibility index (Phi) is 2.49. The third-order valence-corrected chi connectivity index (χ3v) is 2.43. The van der Waals surface area contributed by atoms with Crippen LogP contribution in [0.25, 0.3) is 0 Å². The van der Waals surface area contributed by atoms with Crippen LogP contribution >= 0.6 is 0 Å². The molecule has 0 aromatic carbocycles. The molecule has 2 rings (SSSR count). The number of H-pyrrole nitrogens is 1. The molecule has 0 spiro atoms. The second-order valence-corrected chi connectivity index (χ2v) is 3.49. The number of anilines is 1. The van der Waals surface area contributed by atoms with Crippen LogP contribution in [0.1, 0.15) is 24.5 Å². The van der Waals surface area contributed by atoms with Crippen LogP contribution in [0.2, 0.25) is 0 Å². The molecule has 2 heterocycles. The number of ether oxygens (including phenoxy) is 1. The number of hydrogen-bond donors (Lipinski definition) is 2. The highest BCUT2D eigenvalue weighted by molar-refractivity contribution is 5.35. The van der Waals surface area contributed by atoms with Crippen LogP contribution in [-0.4, -0.2) is 23.4 Å². The quantitative estimate of drug-likeness (QED) is 0.672. The minimum absolute atomic E-state index is 0.223. The fourth-order valence-corrected chi connectivity index (χ4v) is 1.62. The van der Waals surface area contributed by atoms with Gasteiger partial charge in [0.15, 0.2) is 0 Å². The number of nitrogens with two attached hydrogens (primary N) is 1. The van der Waals surface area contributed by atoms with Crippen molar-refractivity contribution in [2.45, 2.75) is 18.8 Å². The monoisotopic (exact) mass is 195 g/mol. The molecule has 5 nitrogen and oxygen atoms in total. The van der Waals surface area contributed by atoms with Crippen molar-refractivity contribution in [3.63, 3.8) is 0 Å². The molecule has 3 N–H and O–H groups in total. The van der Waals surface area contributed by atoms with Gasteiger partial charge in [0.05, 0.1) is 12.3 Å². The Hall–Kier alpha value is -1.36. The van der Waals surface area contributed by atoms with Crippen LogP contribution in [0.5, 0.6) is 0 Å². The zero-order chi connectivity index (χ0) is 9.97. The lowest BCUT2D eigenvalue weighted by atomic mass is 9.98. The van der Waals surface area contributed by atoms with E-state index in [1.807, 2.05) is 0 Å². The lowest BCUT2D eigenvalue weighted by Crippen LogP contribution is -2.20. The summed E-state index contributed by atoms with van der Waals surface area (Å²) in [6.45, 7) is 1.48. The molecule has 5 heteroatoms. The molecule has 0 aliphatic carbocycles. The second kappa shape index (κ2) is 3.79. The summed E-state index contributed by atoms with van der Waals surface area (Å²) in [7, 11) is 0. The highest BCUT2D eigenvalue weighted by Crippen LogP contribution is 2.23. The second-order valence-electron chi connectivity index (χ2n) is 3.49. The predicted molar refractivity (Wildman–Crippen MR) is 52.1 cm³/mol. The zero-order valence-corrected chi connectivity index (χ0v) is 7.82. The number of hydrogen-bond acceptors (Lipinski definition) is 4. The van der Waals surface area contributed by atoms with Crippen molar-refractivity contribution < 1.29 is 4.74 Å². The van der Waals surface area contributed by atoms with Gasteiger partial charge in [-0.1, -0.05) is 0 Å². The first-order chi connectivity index (χ1) is 6.77. The molecular formula is C9H13N3O2. The molecule has 1 aromatic rings. The molecule has 0 saturated carbocycles. The van der Waals surface area contributed by atoms with Gasteiger partial charge in [-0.25, -0.2) is 5.10 Å². The number of aromatic nitrogens is 2. The largest absolute Gasteiger partial charge is 0.394 e. The van der Waals surface area contributed by atoms with Crippen LogP contribution in [-0.2, 0) is 4.74 Å². The molecule has 0 radical (unpaired) electrons. The minimum Gasteiger partial charge on any atom is -0.394 e. The molecular weight excluding hydrogens is 182 g/mol. The van der Waals surface area contributed by atoms with Crippen molar-refractivity contribution in [1.82, 2.24) is 10.2 Å². The minimum atomic E-state index is -0.328. The van der Waals surface area contributed by atoms with Gasteiger partial charge >= 0.3 is 0 Å². The average molecular weight is 195 g/mol. The van der Waals surface area contributed by atoms with Gasteiger partial charge in [-0.2, -0.15) is 5.10 Å². The first-order valence-corrected chi connectivity index (χ1v) is 4.70. The predicted octanol–water partition coefficient (Wildman–Crippen LogP) is 0.246. The number of aromatic amines is 1. The average Bonchev–Trinajstić information content (AvgIpc) is 2.23. The fraction of sp³-hybridized carbons (Fsp3) is 0.556. The van der Waals surface area contributed by atoms with E-state index in [0.29, 0.717) is 6.61 Å². The van der Waals surface area contributed by atoms with Gasteiger partial charge in [-0.05, 0) is 18.9 Å². The van der Waals surface area contributed by atoms with E-state index in [1.54, 1.807) is 6.07 Å². The van der Waals surface area contributed by atoms with Gasteiger partial charge in [0, 0.05) is 12.5 Å². The Bertz CT molecular complexity index is 369. The summed E-state index contributed by atoms with van der Waals surface area (Å²) < 4.78 is 5.33. The van der Waals surface area contributed by atoms with Crippen molar-refractivity contribution in [3.05, 3.63) is 22.1 Å². The molecule has 1 aliphatic heterocycles. The Morgan fingerprint density at radius 1 is 1.64 bits per heavy atom. The van der Waals surface area contributed by atoms with Crippen molar-refractivity contribution in [2.24, 2.45) is 0 Å². The highest BCUT2D eigenvalue weighted by atomic mass is 16.5. The maximum absolute atomic E-state index is 11.0. The highest BCUT2D eigenvalue weighted by Gasteiger charge is 2.18. The standard InChI is InChI=1S/C9H13N3O2/c10-7-4-8(11-12-9(7)13)6-2-1-3-14-5-6/h4,6H,1-3,5H2,(H2,10,11)(H,12,13). The Morgan fingerprint density at radius 3 is 3.14 bits per heavy atom. The van der Waals surface area contributed by atoms with Crippen LogP contribution in [0, 0.1) is 0 Å². The van der Waals surface area contributed by atoms with E-state index in [4.69, 9.17) is 10.5 Å². The number of nitrogen functional groups attached to an aromatic ring is 1. The number of rotatable bonds is 1. The van der Waals surface area contributed by atoms with Crippen molar-refractivity contribution in [3.8, 4) is 0 Å². The van der Waals surface area contributed by atoms with Crippen molar-refractivity contribution >= 4 is 5.69 Å². The molecule has 1 fully saturated rings. The Balaban J connectivity index is 2.22. The van der Waals surface area contributed by atoms with Crippen LogP contribution in [0.4, 0.5) is 5.69 Å². The molecule has 1 unspecified atom stereocenters. The summed E-state index contributed by atoms with van der Waals surface area (Å²) in [6, 6.07) is 1.64. The number of nitrogens with zero attached hydrogens (tertiary/aromatic N) is 1. The van der Waals surface area contributed by atoms with E-state index < -0.39 is 0 Å². The fourth-order valence-electron chi connectivity index (χ4n) is 1.62. The summed E-state index contributed by atoms with van der Waals surface area (Å²) in [5.41, 5.74) is 6.22. The van der Waals surface area contributed by atoms with Crippen LogP contribution < -0.4 is 11.3 Å². The smallest absolute Gasteiger partial charge is 0.287 e. The molecule has 0 bridgehead atoms. The van der Waals surface area contributed by atoms with E-state index in [1.165, 1.54) is 0 Å². The van der Waals surface area contributed by atoms with Crippen LogP contribution in [0.15, 0.2) is 10.9 Å². The maximum Gasteiger partial charge on any atom is 0.287 e. The number of nitrogens with one attached hydrogen (secondary N) is 1. The summed E-state index contributed by atoms with van der Waals surface area (Å²) in [4.78, 5) is 11.0. The zero-order valence-electron chi connectivity index (χ0n) is 7.82. The molecule has 1 aromatic heterocycles. The molecule has 0 amide bonds. The normalized spacial score (nSPS) is 22.1. The van der Waals surface area contributed by atoms with Gasteiger partial charge in [0.1, 0.15) is 5.69 Å². The maximum atomic E-state index is 11.0. The topological polar surface area (TPSA) is 81.0 Å². The molecule has 1 saturated heterocycles. The first-order valence-electron chi connectivity index (χ1n) is 4.70. The summed E-state index contributed by atoms with van der Waals surface area (Å²) >= 11 is 0. The summed E-state index contributed by atoms with van der Waals surface area (Å²) in [5.74, 6) is 0.267.